The number of hydrogen-bond acceptors (Lipinski definition) is 6. The highest BCUT2D eigenvalue weighted by Crippen LogP contribution is 2.25. The summed E-state index contributed by atoms with van der Waals surface area (Å²) in [4.78, 5) is 33.3. The van der Waals surface area contributed by atoms with Crippen LogP contribution in [0.5, 0.6) is 0 Å². The van der Waals surface area contributed by atoms with Gasteiger partial charge in [0.05, 0.1) is 17.3 Å². The lowest BCUT2D eigenvalue weighted by molar-refractivity contribution is -0.151. The van der Waals surface area contributed by atoms with Crippen molar-refractivity contribution in [1.29, 1.82) is 0 Å². The van der Waals surface area contributed by atoms with E-state index in [0.717, 1.165) is 16.3 Å². The van der Waals surface area contributed by atoms with Gasteiger partial charge >= 0.3 is 5.97 Å². The van der Waals surface area contributed by atoms with Crippen LogP contribution in [-0.2, 0) is 14.3 Å². The molecule has 1 aliphatic rings. The number of aryl methyl sites for hydroxylation is 1. The van der Waals surface area contributed by atoms with Crippen molar-refractivity contribution < 1.29 is 14.3 Å². The highest BCUT2D eigenvalue weighted by Gasteiger charge is 2.32. The zero-order valence-corrected chi connectivity index (χ0v) is 18.1. The van der Waals surface area contributed by atoms with Gasteiger partial charge in [0.2, 0.25) is 5.91 Å². The number of carbonyl (C=O) groups excluding carboxylic acids is 2. The van der Waals surface area contributed by atoms with Crippen LogP contribution in [0, 0.1) is 6.92 Å². The molecule has 29 heavy (non-hydrogen) atoms. The predicted octanol–water partition coefficient (Wildman–Crippen LogP) is 3.57. The summed E-state index contributed by atoms with van der Waals surface area (Å²) in [5.74, 6) is -0.331. The Bertz CT molecular complexity index is 874. The van der Waals surface area contributed by atoms with Gasteiger partial charge in [-0.05, 0) is 37.6 Å². The lowest BCUT2D eigenvalue weighted by atomic mass is 10.0. The quantitative estimate of drug-likeness (QED) is 0.514. The molecule has 2 heterocycles. The minimum Gasteiger partial charge on any atom is -0.465 e. The van der Waals surface area contributed by atoms with Crippen LogP contribution < -0.4 is 0 Å². The third-order valence-electron chi connectivity index (χ3n) is 4.72. The zero-order valence-electron chi connectivity index (χ0n) is 16.5. The summed E-state index contributed by atoms with van der Waals surface area (Å²) < 4.78 is 5.29. The van der Waals surface area contributed by atoms with Gasteiger partial charge < -0.3 is 9.64 Å². The SMILES string of the molecule is CCOC(=O)[C@@H](c1ccc(Cl)cc1)N1CCN(C(=O)/C=C/c2csc(C)n2)CC1. The predicted molar refractivity (Wildman–Crippen MR) is 115 cm³/mol. The van der Waals surface area contributed by atoms with Gasteiger partial charge in [0.15, 0.2) is 0 Å². The van der Waals surface area contributed by atoms with E-state index in [0.29, 0.717) is 37.8 Å². The lowest BCUT2D eigenvalue weighted by Crippen LogP contribution is -2.50. The van der Waals surface area contributed by atoms with E-state index in [4.69, 9.17) is 16.3 Å². The number of esters is 1. The van der Waals surface area contributed by atoms with Crippen LogP contribution in [0.4, 0.5) is 0 Å². The van der Waals surface area contributed by atoms with Gasteiger partial charge in [0, 0.05) is 42.7 Å². The standard InChI is InChI=1S/C21H24ClN3O3S/c1-3-28-21(27)20(16-4-6-17(22)7-5-16)25-12-10-24(11-13-25)19(26)9-8-18-14-29-15(2)23-18/h4-9,14,20H,3,10-13H2,1-2H3/b9-8+/t20-/m1/s1. The van der Waals surface area contributed by atoms with E-state index >= 15 is 0 Å². The Balaban J connectivity index is 1.64. The molecule has 0 aliphatic carbocycles. The number of nitrogens with zero attached hydrogens (tertiary/aromatic N) is 3. The van der Waals surface area contributed by atoms with Crippen LogP contribution in [0.25, 0.3) is 6.08 Å². The van der Waals surface area contributed by atoms with Crippen molar-refractivity contribution in [3.8, 4) is 0 Å². The van der Waals surface area contributed by atoms with E-state index in [2.05, 4.69) is 9.88 Å². The summed E-state index contributed by atoms with van der Waals surface area (Å²) in [6.07, 6.45) is 3.31. The maximum atomic E-state index is 12.6. The first-order valence-electron chi connectivity index (χ1n) is 9.53. The van der Waals surface area contributed by atoms with E-state index in [1.165, 1.54) is 0 Å². The molecular formula is C21H24ClN3O3S. The first-order chi connectivity index (χ1) is 14.0. The molecule has 0 bridgehead atoms. The molecule has 1 fully saturated rings. The summed E-state index contributed by atoms with van der Waals surface area (Å²) in [6, 6.07) is 6.74. The fraction of sp³-hybridized carbons (Fsp3) is 0.381. The number of ether oxygens (including phenoxy) is 1. The number of aromatic nitrogens is 1. The highest BCUT2D eigenvalue weighted by molar-refractivity contribution is 7.09. The first-order valence-corrected chi connectivity index (χ1v) is 10.8. The van der Waals surface area contributed by atoms with Gasteiger partial charge in [-0.25, -0.2) is 9.78 Å². The van der Waals surface area contributed by atoms with E-state index < -0.39 is 6.04 Å². The maximum absolute atomic E-state index is 12.6. The Morgan fingerprint density at radius 3 is 2.52 bits per heavy atom. The molecule has 1 aromatic carbocycles. The second-order valence-corrected chi connectivity index (χ2v) is 8.19. The van der Waals surface area contributed by atoms with Gasteiger partial charge in [-0.2, -0.15) is 0 Å². The van der Waals surface area contributed by atoms with Crippen molar-refractivity contribution in [3.05, 3.63) is 57.0 Å². The largest absolute Gasteiger partial charge is 0.465 e. The number of hydrogen-bond donors (Lipinski definition) is 0. The molecule has 1 amide bonds. The number of rotatable bonds is 6. The van der Waals surface area contributed by atoms with Crippen LogP contribution in [0.3, 0.4) is 0 Å². The Morgan fingerprint density at radius 1 is 1.24 bits per heavy atom. The Hall–Kier alpha value is -2.22. The van der Waals surface area contributed by atoms with Gasteiger partial charge in [-0.3, -0.25) is 9.69 Å². The molecule has 2 aromatic rings. The third-order valence-corrected chi connectivity index (χ3v) is 5.76. The van der Waals surface area contributed by atoms with Crippen LogP contribution in [0.15, 0.2) is 35.7 Å². The summed E-state index contributed by atoms with van der Waals surface area (Å²) in [5.41, 5.74) is 1.64. The van der Waals surface area contributed by atoms with Crippen molar-refractivity contribution in [2.24, 2.45) is 0 Å². The van der Waals surface area contributed by atoms with Crippen molar-refractivity contribution in [3.63, 3.8) is 0 Å². The summed E-state index contributed by atoms with van der Waals surface area (Å²) in [7, 11) is 0. The molecule has 0 spiro atoms. The second kappa shape index (κ2) is 10.0. The molecule has 1 aliphatic heterocycles. The number of carbonyl (C=O) groups is 2. The number of benzene rings is 1. The molecule has 1 aromatic heterocycles. The Kier molecular flexibility index (Phi) is 7.41. The first kappa shape index (κ1) is 21.5. The molecular weight excluding hydrogens is 410 g/mol. The fourth-order valence-corrected chi connectivity index (χ4v) is 3.99. The molecule has 6 nitrogen and oxygen atoms in total. The summed E-state index contributed by atoms with van der Waals surface area (Å²) >= 11 is 7.54. The average molecular weight is 434 g/mol. The molecule has 0 unspecified atom stereocenters. The molecule has 1 atom stereocenters. The van der Waals surface area contributed by atoms with Crippen LogP contribution in [0.1, 0.15) is 29.2 Å². The normalized spacial score (nSPS) is 16.2. The molecule has 3 rings (SSSR count). The Labute approximate surface area is 179 Å². The number of piperazine rings is 1. The Morgan fingerprint density at radius 2 is 1.93 bits per heavy atom. The van der Waals surface area contributed by atoms with Crippen LogP contribution >= 0.6 is 22.9 Å². The topological polar surface area (TPSA) is 62.7 Å². The van der Waals surface area contributed by atoms with Crippen LogP contribution in [0.2, 0.25) is 5.02 Å². The zero-order chi connectivity index (χ0) is 20.8. The molecule has 0 N–H and O–H groups in total. The summed E-state index contributed by atoms with van der Waals surface area (Å²) in [6.45, 7) is 6.31. The van der Waals surface area contributed by atoms with Crippen molar-refractivity contribution in [2.45, 2.75) is 19.9 Å². The smallest absolute Gasteiger partial charge is 0.328 e. The van der Waals surface area contributed by atoms with Gasteiger partial charge in [0.25, 0.3) is 0 Å². The van der Waals surface area contributed by atoms with Gasteiger partial charge in [-0.1, -0.05) is 23.7 Å². The van der Waals surface area contributed by atoms with Crippen molar-refractivity contribution in [1.82, 2.24) is 14.8 Å². The third kappa shape index (κ3) is 5.65. The molecule has 8 heteroatoms. The number of thiazole rings is 1. The minimum atomic E-state index is -0.502. The maximum Gasteiger partial charge on any atom is 0.328 e. The number of halogens is 1. The molecule has 154 valence electrons. The second-order valence-electron chi connectivity index (χ2n) is 6.69. The highest BCUT2D eigenvalue weighted by atomic mass is 35.5. The molecule has 1 saturated heterocycles. The van der Waals surface area contributed by atoms with E-state index in [9.17, 15) is 9.59 Å². The van der Waals surface area contributed by atoms with Crippen LogP contribution in [-0.4, -0.2) is 59.4 Å². The van der Waals surface area contributed by atoms with Gasteiger partial charge in [0.1, 0.15) is 6.04 Å². The molecule has 0 saturated carbocycles. The fourth-order valence-electron chi connectivity index (χ4n) is 3.28. The van der Waals surface area contributed by atoms with E-state index in [1.807, 2.05) is 24.4 Å². The monoisotopic (exact) mass is 433 g/mol. The minimum absolute atomic E-state index is 0.0468. The molecule has 0 radical (unpaired) electrons. The van der Waals surface area contributed by atoms with E-state index in [-0.39, 0.29) is 11.9 Å². The van der Waals surface area contributed by atoms with Crippen molar-refractivity contribution >= 4 is 40.9 Å². The average Bonchev–Trinajstić information content (AvgIpc) is 3.14. The summed E-state index contributed by atoms with van der Waals surface area (Å²) in [5, 5.41) is 3.51. The lowest BCUT2D eigenvalue weighted by Gasteiger charge is -2.38. The van der Waals surface area contributed by atoms with Gasteiger partial charge in [-0.15, -0.1) is 11.3 Å². The van der Waals surface area contributed by atoms with Crippen molar-refractivity contribution in [2.75, 3.05) is 32.8 Å². The van der Waals surface area contributed by atoms with E-state index in [1.54, 1.807) is 47.4 Å². The number of amides is 1.